The topological polar surface area (TPSA) is 60.5 Å². The van der Waals surface area contributed by atoms with Crippen LogP contribution in [0.1, 0.15) is 54.2 Å². The van der Waals surface area contributed by atoms with Crippen LogP contribution in [0, 0.1) is 0 Å². The number of anilines is 1. The van der Waals surface area contributed by atoms with Crippen molar-refractivity contribution in [3.05, 3.63) is 154 Å². The van der Waals surface area contributed by atoms with E-state index in [9.17, 15) is 0 Å². The first-order chi connectivity index (χ1) is 23.8. The molecule has 5 nitrogen and oxygen atoms in total. The summed E-state index contributed by atoms with van der Waals surface area (Å²) in [6, 6.07) is 37.5. The molecule has 48 heavy (non-hydrogen) atoms. The van der Waals surface area contributed by atoms with Gasteiger partial charge in [-0.2, -0.15) is 0 Å². The molecule has 236 valence electrons. The minimum atomic E-state index is -0.0187. The smallest absolute Gasteiger partial charge is 0.0942 e. The second-order valence-corrected chi connectivity index (χ2v) is 13.1. The van der Waals surface area contributed by atoms with Crippen LogP contribution in [0.15, 0.2) is 132 Å². The third-order valence-electron chi connectivity index (χ3n) is 10.2. The molecule has 9 rings (SSSR count). The monoisotopic (exact) mass is 625 g/mol. The zero-order valence-corrected chi connectivity index (χ0v) is 26.9. The number of rotatable bonds is 5. The van der Waals surface area contributed by atoms with Crippen molar-refractivity contribution in [1.82, 2.24) is 16.0 Å². The molecule has 0 spiro atoms. The first kappa shape index (κ1) is 29.1. The third kappa shape index (κ3) is 5.40. The Kier molecular flexibility index (Phi) is 7.58. The zero-order chi connectivity index (χ0) is 31.9. The Morgan fingerprint density at radius 1 is 0.604 bits per heavy atom. The Morgan fingerprint density at radius 2 is 1.31 bits per heavy atom. The largest absolute Gasteiger partial charge is 0.378 e. The van der Waals surface area contributed by atoms with Gasteiger partial charge < -0.3 is 5.32 Å². The molecule has 0 amide bonds. The second kappa shape index (κ2) is 12.5. The van der Waals surface area contributed by atoms with Gasteiger partial charge in [-0.3, -0.25) is 20.9 Å². The number of nitrogens with zero attached hydrogens (tertiary/aromatic N) is 1. The second-order valence-electron chi connectivity index (χ2n) is 13.1. The lowest BCUT2D eigenvalue weighted by Crippen LogP contribution is -2.59. The van der Waals surface area contributed by atoms with E-state index in [4.69, 9.17) is 4.99 Å². The van der Waals surface area contributed by atoms with Crippen molar-refractivity contribution in [2.45, 2.75) is 43.7 Å². The van der Waals surface area contributed by atoms with Gasteiger partial charge in [0.15, 0.2) is 0 Å². The fourth-order valence-corrected chi connectivity index (χ4v) is 7.77. The number of aliphatic imine (C=N–C) groups is 1. The lowest BCUT2D eigenvalue weighted by Gasteiger charge is -2.40. The molecular formula is C43H39N5. The summed E-state index contributed by atoms with van der Waals surface area (Å²) in [5.41, 5.74) is 9.76. The summed E-state index contributed by atoms with van der Waals surface area (Å²) >= 11 is 0. The van der Waals surface area contributed by atoms with E-state index in [2.05, 4.69) is 155 Å². The summed E-state index contributed by atoms with van der Waals surface area (Å²) in [5.74, 6) is 0.288. The fourth-order valence-electron chi connectivity index (χ4n) is 7.77. The van der Waals surface area contributed by atoms with E-state index in [1.807, 2.05) is 6.21 Å². The summed E-state index contributed by atoms with van der Waals surface area (Å²) in [7, 11) is 0. The maximum absolute atomic E-state index is 4.84. The van der Waals surface area contributed by atoms with Gasteiger partial charge in [-0.15, -0.1) is 0 Å². The van der Waals surface area contributed by atoms with Gasteiger partial charge in [0.05, 0.1) is 36.4 Å². The third-order valence-corrected chi connectivity index (χ3v) is 10.2. The highest BCUT2D eigenvalue weighted by molar-refractivity contribution is 6.02. The molecule has 5 aromatic rings. The molecule has 0 radical (unpaired) electrons. The Bertz CT molecular complexity index is 2230. The molecule has 1 saturated heterocycles. The average Bonchev–Trinajstić information content (AvgIpc) is 3.18. The van der Waals surface area contributed by atoms with Gasteiger partial charge in [-0.05, 0) is 69.3 Å². The molecule has 4 unspecified atom stereocenters. The van der Waals surface area contributed by atoms with Crippen molar-refractivity contribution in [2.75, 3.05) is 11.9 Å². The van der Waals surface area contributed by atoms with Gasteiger partial charge in [0.1, 0.15) is 0 Å². The van der Waals surface area contributed by atoms with Crippen molar-refractivity contribution in [3.63, 3.8) is 0 Å². The van der Waals surface area contributed by atoms with Gasteiger partial charge in [-0.25, -0.2) is 0 Å². The van der Waals surface area contributed by atoms with Gasteiger partial charge in [0, 0.05) is 22.7 Å². The molecule has 0 aromatic heterocycles. The van der Waals surface area contributed by atoms with Crippen molar-refractivity contribution in [2.24, 2.45) is 4.99 Å². The van der Waals surface area contributed by atoms with Gasteiger partial charge in [0.2, 0.25) is 0 Å². The van der Waals surface area contributed by atoms with Crippen LogP contribution >= 0.6 is 0 Å². The Hall–Kier alpha value is -5.07. The normalized spacial score (nSPS) is 22.9. The molecule has 2 heterocycles. The summed E-state index contributed by atoms with van der Waals surface area (Å²) in [4.78, 5) is 4.84. The number of hydrogen-bond donors (Lipinski definition) is 4. The first-order valence-corrected chi connectivity index (χ1v) is 17.2. The summed E-state index contributed by atoms with van der Waals surface area (Å²) < 4.78 is 0. The molecule has 2 aliphatic carbocycles. The highest BCUT2D eigenvalue weighted by Crippen LogP contribution is 2.35. The number of benzene rings is 5. The first-order valence-electron chi connectivity index (χ1n) is 17.2. The van der Waals surface area contributed by atoms with Crippen molar-refractivity contribution < 1.29 is 0 Å². The van der Waals surface area contributed by atoms with Crippen LogP contribution in [-0.2, 0) is 0 Å². The molecule has 4 N–H and O–H groups in total. The van der Waals surface area contributed by atoms with Crippen LogP contribution in [0.2, 0.25) is 0 Å². The Labute approximate surface area is 281 Å². The Balaban J connectivity index is 1.05. The van der Waals surface area contributed by atoms with Crippen LogP contribution in [0.3, 0.4) is 0 Å². The number of nitrogens with one attached hydrogen (secondary N) is 4. The summed E-state index contributed by atoms with van der Waals surface area (Å²) in [6.45, 7) is 0.754. The molecule has 4 aliphatic rings. The summed E-state index contributed by atoms with van der Waals surface area (Å²) in [6.07, 6.45) is 17.0. The van der Waals surface area contributed by atoms with E-state index in [1.165, 1.54) is 54.6 Å². The van der Waals surface area contributed by atoms with Crippen LogP contribution in [0.25, 0.3) is 34.1 Å². The van der Waals surface area contributed by atoms with Crippen molar-refractivity contribution in [3.8, 4) is 11.1 Å². The van der Waals surface area contributed by atoms with Crippen LogP contribution in [-0.4, -0.2) is 18.9 Å². The highest BCUT2D eigenvalue weighted by atomic mass is 15.4. The predicted octanol–water partition coefficient (Wildman–Crippen LogP) is 7.47. The molecule has 5 heteroatoms. The SMILES string of the molecule is C1=CC(C2NC(c3ccccc3)NC(c3cccc(-c4cccc(C5C=c6c7c(c8ccccc8c6=CC5)N=CCN7)c4)c3)N2)=CCC1. The molecule has 1 fully saturated rings. The van der Waals surface area contributed by atoms with Gasteiger partial charge in [0.25, 0.3) is 0 Å². The van der Waals surface area contributed by atoms with E-state index in [0.29, 0.717) is 0 Å². The summed E-state index contributed by atoms with van der Waals surface area (Å²) in [5, 5.41) is 20.2. The van der Waals surface area contributed by atoms with E-state index >= 15 is 0 Å². The maximum atomic E-state index is 4.84. The molecule has 2 aliphatic heterocycles. The van der Waals surface area contributed by atoms with Gasteiger partial charge >= 0.3 is 0 Å². The highest BCUT2D eigenvalue weighted by Gasteiger charge is 2.30. The van der Waals surface area contributed by atoms with E-state index in [0.717, 1.165) is 37.2 Å². The number of allylic oxidation sites excluding steroid dienone is 2. The van der Waals surface area contributed by atoms with Crippen LogP contribution in [0.5, 0.6) is 0 Å². The van der Waals surface area contributed by atoms with E-state index in [1.54, 1.807) is 0 Å². The number of hydrogen-bond acceptors (Lipinski definition) is 5. The lowest BCUT2D eigenvalue weighted by molar-refractivity contribution is 0.224. The Morgan fingerprint density at radius 3 is 2.12 bits per heavy atom. The minimum Gasteiger partial charge on any atom is -0.378 e. The standard InChI is InChI=1S/C43H39N5/c1-3-11-28(12-4-1)41-46-42(29-13-5-2-6-14-29)48-43(47-41)34-18-10-17-32(26-34)30-15-9-16-31(25-30)33-21-22-36-35-19-7-8-20-37(35)39-40(38(36)27-33)45-24-23-44-39/h1,3-5,7-20,22-23,25-27,33,41-43,45-48H,2,6,21,24H2. The van der Waals surface area contributed by atoms with E-state index in [-0.39, 0.29) is 24.4 Å². The molecule has 0 saturated carbocycles. The van der Waals surface area contributed by atoms with Crippen LogP contribution in [0.4, 0.5) is 11.4 Å². The van der Waals surface area contributed by atoms with Crippen molar-refractivity contribution in [1.29, 1.82) is 0 Å². The fraction of sp³-hybridized carbons (Fsp3) is 0.186. The lowest BCUT2D eigenvalue weighted by atomic mass is 9.86. The van der Waals surface area contributed by atoms with Crippen molar-refractivity contribution >= 4 is 40.5 Å². The molecule has 0 bridgehead atoms. The number of fused-ring (bicyclic) bond motifs is 6. The van der Waals surface area contributed by atoms with Crippen LogP contribution < -0.4 is 31.7 Å². The quantitative estimate of drug-likeness (QED) is 0.164. The molecular weight excluding hydrogens is 587 g/mol. The minimum absolute atomic E-state index is 0.0187. The van der Waals surface area contributed by atoms with E-state index < -0.39 is 0 Å². The van der Waals surface area contributed by atoms with Gasteiger partial charge in [-0.1, -0.05) is 127 Å². The molecule has 5 aromatic carbocycles. The zero-order valence-electron chi connectivity index (χ0n) is 26.9. The maximum Gasteiger partial charge on any atom is 0.0942 e. The average molecular weight is 626 g/mol. The predicted molar refractivity (Wildman–Crippen MR) is 200 cm³/mol. The molecule has 4 atom stereocenters.